The van der Waals surface area contributed by atoms with Crippen LogP contribution in [0.3, 0.4) is 0 Å². The van der Waals surface area contributed by atoms with Crippen molar-refractivity contribution in [2.75, 3.05) is 11.5 Å². The fraction of sp³-hybridized carbons (Fsp3) is 0.154. The third kappa shape index (κ3) is 4.36. The molecule has 0 radical (unpaired) electrons. The molecule has 2 heterocycles. The van der Waals surface area contributed by atoms with Crippen LogP contribution in [0.5, 0.6) is 5.75 Å². The van der Waals surface area contributed by atoms with Gasteiger partial charge in [-0.3, -0.25) is 9.59 Å². The van der Waals surface area contributed by atoms with Crippen LogP contribution in [0.2, 0.25) is 5.02 Å². The van der Waals surface area contributed by atoms with E-state index in [1.807, 2.05) is 49.4 Å². The molecule has 0 aliphatic carbocycles. The maximum atomic E-state index is 13.2. The topological polar surface area (TPSA) is 72.4 Å². The Hall–Kier alpha value is -3.42. The predicted molar refractivity (Wildman–Crippen MR) is 134 cm³/mol. The van der Waals surface area contributed by atoms with Gasteiger partial charge in [0.1, 0.15) is 11.0 Å². The first-order valence-electron chi connectivity index (χ1n) is 10.8. The maximum Gasteiger partial charge on any atom is 0.247 e. The standard InChI is InChI=1S/C26H20ClN3O3S/c1-2-33-19-11-9-18(10-12-19)30-23(31)15-22(25(30)32)34-26-28-21-13-8-17(27)14-20(21)24(29-26)16-6-4-3-5-7-16/h3-14,22H,2,15H2,1H3. The molecule has 8 heteroatoms. The summed E-state index contributed by atoms with van der Waals surface area (Å²) in [5.41, 5.74) is 2.90. The number of carbonyl (C=O) groups excluding carboxylic acids is 2. The number of hydrogen-bond donors (Lipinski definition) is 0. The van der Waals surface area contributed by atoms with E-state index < -0.39 is 5.25 Å². The number of aromatic nitrogens is 2. The average molecular weight is 490 g/mol. The zero-order valence-electron chi connectivity index (χ0n) is 18.3. The first kappa shape index (κ1) is 22.4. The van der Waals surface area contributed by atoms with Gasteiger partial charge in [-0.15, -0.1) is 0 Å². The Bertz CT molecular complexity index is 1380. The van der Waals surface area contributed by atoms with Crippen molar-refractivity contribution < 1.29 is 14.3 Å². The van der Waals surface area contributed by atoms with Gasteiger partial charge in [0, 0.05) is 22.4 Å². The van der Waals surface area contributed by atoms with Crippen molar-refractivity contribution in [3.05, 3.63) is 77.8 Å². The molecule has 4 aromatic rings. The second kappa shape index (κ2) is 9.44. The molecular formula is C26H20ClN3O3S. The van der Waals surface area contributed by atoms with Gasteiger partial charge >= 0.3 is 0 Å². The summed E-state index contributed by atoms with van der Waals surface area (Å²) in [6, 6.07) is 22.1. The molecule has 6 nitrogen and oxygen atoms in total. The van der Waals surface area contributed by atoms with Crippen LogP contribution in [0.15, 0.2) is 78.0 Å². The van der Waals surface area contributed by atoms with E-state index in [9.17, 15) is 9.59 Å². The Morgan fingerprint density at radius 1 is 1.03 bits per heavy atom. The van der Waals surface area contributed by atoms with Gasteiger partial charge in [-0.05, 0) is 49.4 Å². The molecule has 0 N–H and O–H groups in total. The number of thioether (sulfide) groups is 1. The molecule has 0 bridgehead atoms. The number of ether oxygens (including phenoxy) is 1. The minimum absolute atomic E-state index is 0.0827. The molecule has 2 amide bonds. The summed E-state index contributed by atoms with van der Waals surface area (Å²) in [5, 5.41) is 1.25. The van der Waals surface area contributed by atoms with Gasteiger partial charge in [0.25, 0.3) is 0 Å². The second-order valence-electron chi connectivity index (χ2n) is 7.69. The molecule has 1 fully saturated rings. The summed E-state index contributed by atoms with van der Waals surface area (Å²) in [6.45, 7) is 2.44. The molecule has 1 atom stereocenters. The first-order valence-corrected chi connectivity index (χ1v) is 12.1. The Morgan fingerprint density at radius 3 is 2.53 bits per heavy atom. The number of rotatable bonds is 6. The van der Waals surface area contributed by atoms with Crippen LogP contribution in [0, 0.1) is 0 Å². The summed E-state index contributed by atoms with van der Waals surface area (Å²) in [5.74, 6) is 0.164. The van der Waals surface area contributed by atoms with Gasteiger partial charge in [0.2, 0.25) is 11.8 Å². The maximum absolute atomic E-state index is 13.2. The van der Waals surface area contributed by atoms with Crippen LogP contribution in [0.25, 0.3) is 22.2 Å². The summed E-state index contributed by atoms with van der Waals surface area (Å²) in [4.78, 5) is 36.6. The van der Waals surface area contributed by atoms with E-state index in [4.69, 9.17) is 21.3 Å². The van der Waals surface area contributed by atoms with Crippen LogP contribution >= 0.6 is 23.4 Å². The largest absolute Gasteiger partial charge is 0.494 e. The number of carbonyl (C=O) groups is 2. The number of hydrogen-bond acceptors (Lipinski definition) is 6. The van der Waals surface area contributed by atoms with Gasteiger partial charge in [0.05, 0.1) is 23.5 Å². The van der Waals surface area contributed by atoms with E-state index >= 15 is 0 Å². The molecule has 1 aromatic heterocycles. The molecule has 0 saturated carbocycles. The Labute approximate surface area is 205 Å². The number of benzene rings is 3. The highest BCUT2D eigenvalue weighted by Gasteiger charge is 2.40. The molecule has 5 rings (SSSR count). The predicted octanol–water partition coefficient (Wildman–Crippen LogP) is 5.77. The van der Waals surface area contributed by atoms with Gasteiger partial charge in [0.15, 0.2) is 5.16 Å². The fourth-order valence-corrected chi connectivity index (χ4v) is 5.05. The lowest BCUT2D eigenvalue weighted by molar-refractivity contribution is -0.121. The Balaban J connectivity index is 1.46. The van der Waals surface area contributed by atoms with E-state index in [-0.39, 0.29) is 18.2 Å². The van der Waals surface area contributed by atoms with Crippen LogP contribution in [-0.4, -0.2) is 33.6 Å². The van der Waals surface area contributed by atoms with Crippen LogP contribution in [0.1, 0.15) is 13.3 Å². The third-order valence-corrected chi connectivity index (χ3v) is 6.72. The Morgan fingerprint density at radius 2 is 1.79 bits per heavy atom. The molecule has 170 valence electrons. The van der Waals surface area contributed by atoms with Crippen molar-refractivity contribution in [3.63, 3.8) is 0 Å². The highest BCUT2D eigenvalue weighted by atomic mass is 35.5. The number of halogens is 1. The number of imide groups is 1. The molecule has 1 aliphatic heterocycles. The number of amides is 2. The van der Waals surface area contributed by atoms with E-state index in [2.05, 4.69) is 4.98 Å². The minimum atomic E-state index is -0.604. The van der Waals surface area contributed by atoms with E-state index in [1.165, 1.54) is 16.7 Å². The lowest BCUT2D eigenvalue weighted by Crippen LogP contribution is -2.31. The molecule has 1 unspecified atom stereocenters. The summed E-state index contributed by atoms with van der Waals surface area (Å²) in [7, 11) is 0. The van der Waals surface area contributed by atoms with Crippen LogP contribution in [0.4, 0.5) is 5.69 Å². The molecule has 1 aliphatic rings. The van der Waals surface area contributed by atoms with Crippen molar-refractivity contribution in [1.82, 2.24) is 9.97 Å². The van der Waals surface area contributed by atoms with Gasteiger partial charge in [-0.2, -0.15) is 0 Å². The van der Waals surface area contributed by atoms with Crippen LogP contribution in [-0.2, 0) is 9.59 Å². The van der Waals surface area contributed by atoms with Crippen molar-refractivity contribution >= 4 is 51.8 Å². The highest BCUT2D eigenvalue weighted by molar-refractivity contribution is 8.00. The molecule has 3 aromatic carbocycles. The lowest BCUT2D eigenvalue weighted by atomic mass is 10.1. The molecule has 0 spiro atoms. The zero-order valence-corrected chi connectivity index (χ0v) is 19.8. The van der Waals surface area contributed by atoms with Crippen molar-refractivity contribution in [1.29, 1.82) is 0 Å². The van der Waals surface area contributed by atoms with Crippen molar-refractivity contribution in [3.8, 4) is 17.0 Å². The molecule has 1 saturated heterocycles. The molecular weight excluding hydrogens is 470 g/mol. The first-order chi connectivity index (χ1) is 16.5. The SMILES string of the molecule is CCOc1ccc(N2C(=O)CC(Sc3nc(-c4ccccc4)c4cc(Cl)ccc4n3)C2=O)cc1. The highest BCUT2D eigenvalue weighted by Crippen LogP contribution is 2.36. The van der Waals surface area contributed by atoms with E-state index in [0.717, 1.165) is 22.2 Å². The van der Waals surface area contributed by atoms with Gasteiger partial charge in [-0.1, -0.05) is 53.7 Å². The van der Waals surface area contributed by atoms with Crippen molar-refractivity contribution in [2.45, 2.75) is 23.8 Å². The lowest BCUT2D eigenvalue weighted by Gasteiger charge is -2.15. The van der Waals surface area contributed by atoms with E-state index in [1.54, 1.807) is 30.3 Å². The minimum Gasteiger partial charge on any atom is -0.494 e. The normalized spacial score (nSPS) is 15.8. The van der Waals surface area contributed by atoms with Crippen LogP contribution < -0.4 is 9.64 Å². The summed E-state index contributed by atoms with van der Waals surface area (Å²) < 4.78 is 5.45. The quantitative estimate of drug-likeness (QED) is 0.253. The summed E-state index contributed by atoms with van der Waals surface area (Å²) >= 11 is 7.44. The van der Waals surface area contributed by atoms with Crippen molar-refractivity contribution in [2.24, 2.45) is 0 Å². The molecule has 34 heavy (non-hydrogen) atoms. The monoisotopic (exact) mass is 489 g/mol. The Kier molecular flexibility index (Phi) is 6.22. The second-order valence-corrected chi connectivity index (χ2v) is 9.29. The fourth-order valence-electron chi connectivity index (χ4n) is 3.90. The third-order valence-electron chi connectivity index (χ3n) is 5.44. The number of anilines is 1. The number of fused-ring (bicyclic) bond motifs is 1. The summed E-state index contributed by atoms with van der Waals surface area (Å²) in [6.07, 6.45) is 0.0827. The van der Waals surface area contributed by atoms with Gasteiger partial charge in [-0.25, -0.2) is 14.9 Å². The number of nitrogens with zero attached hydrogens (tertiary/aromatic N) is 3. The van der Waals surface area contributed by atoms with Gasteiger partial charge < -0.3 is 4.74 Å². The zero-order chi connectivity index (χ0) is 23.7. The average Bonchev–Trinajstić information content (AvgIpc) is 3.12. The van der Waals surface area contributed by atoms with E-state index in [0.29, 0.717) is 28.2 Å². The smallest absolute Gasteiger partial charge is 0.247 e.